The number of aromatic amines is 1. The molecule has 0 aliphatic heterocycles. The Morgan fingerprint density at radius 2 is 1.81 bits per heavy atom. The Bertz CT molecular complexity index is 809. The lowest BCUT2D eigenvalue weighted by molar-refractivity contribution is 0.241. The number of benzene rings is 2. The predicted molar refractivity (Wildman–Crippen MR) is 103 cm³/mol. The maximum absolute atomic E-state index is 11.8. The summed E-state index contributed by atoms with van der Waals surface area (Å²) in [7, 11) is 1.65. The van der Waals surface area contributed by atoms with E-state index in [1.54, 1.807) is 7.11 Å². The van der Waals surface area contributed by atoms with Crippen LogP contribution in [0, 0.1) is 0 Å². The fraction of sp³-hybridized carbons (Fsp3) is 0.300. The molecule has 0 aliphatic carbocycles. The molecule has 3 N–H and O–H groups in total. The van der Waals surface area contributed by atoms with Gasteiger partial charge < -0.3 is 20.4 Å². The number of nitrogens with one attached hydrogen (secondary N) is 3. The van der Waals surface area contributed by atoms with Gasteiger partial charge in [0.1, 0.15) is 11.6 Å². The zero-order valence-electron chi connectivity index (χ0n) is 14.9. The largest absolute Gasteiger partial charge is 0.497 e. The van der Waals surface area contributed by atoms with Gasteiger partial charge in [-0.25, -0.2) is 9.78 Å². The molecule has 0 atom stereocenters. The molecule has 0 aliphatic rings. The van der Waals surface area contributed by atoms with E-state index in [0.717, 1.165) is 47.4 Å². The van der Waals surface area contributed by atoms with Crippen molar-refractivity contribution in [2.75, 3.05) is 20.2 Å². The molecule has 1 aromatic heterocycles. The minimum absolute atomic E-state index is 0.136. The molecular formula is C20H24N4O2. The molecule has 2 amide bonds. The van der Waals surface area contributed by atoms with Crippen LogP contribution in [-0.2, 0) is 12.8 Å². The summed E-state index contributed by atoms with van der Waals surface area (Å²) in [5.41, 5.74) is 3.19. The number of carbonyl (C=O) groups is 1. The van der Waals surface area contributed by atoms with E-state index in [0.29, 0.717) is 13.1 Å². The van der Waals surface area contributed by atoms with Crippen molar-refractivity contribution < 1.29 is 9.53 Å². The highest BCUT2D eigenvalue weighted by molar-refractivity contribution is 5.75. The molecule has 0 radical (unpaired) electrons. The molecule has 0 fully saturated rings. The molecule has 0 unspecified atom stereocenters. The van der Waals surface area contributed by atoms with E-state index in [1.807, 2.05) is 48.5 Å². The van der Waals surface area contributed by atoms with Crippen molar-refractivity contribution in [1.29, 1.82) is 0 Å². The quantitative estimate of drug-likeness (QED) is 0.545. The van der Waals surface area contributed by atoms with Gasteiger partial charge >= 0.3 is 6.03 Å². The SMILES string of the molecule is COc1ccc(CCNC(=O)NCCCc2nc3ccccc3[nH]2)cc1. The van der Waals surface area contributed by atoms with Gasteiger partial charge in [0, 0.05) is 19.5 Å². The van der Waals surface area contributed by atoms with Gasteiger partial charge in [-0.3, -0.25) is 0 Å². The standard InChI is InChI=1S/C20H24N4O2/c1-26-16-10-8-15(9-11-16)12-14-22-20(25)21-13-4-7-19-23-17-5-2-3-6-18(17)24-19/h2-3,5-6,8-11H,4,7,12-14H2,1H3,(H,23,24)(H2,21,22,25). The van der Waals surface area contributed by atoms with Crippen molar-refractivity contribution in [3.8, 4) is 5.75 Å². The number of nitrogens with zero attached hydrogens (tertiary/aromatic N) is 1. The minimum Gasteiger partial charge on any atom is -0.497 e. The van der Waals surface area contributed by atoms with Crippen LogP contribution in [0.5, 0.6) is 5.75 Å². The second-order valence-corrected chi connectivity index (χ2v) is 6.08. The zero-order chi connectivity index (χ0) is 18.2. The van der Waals surface area contributed by atoms with Crippen molar-refractivity contribution in [2.24, 2.45) is 0 Å². The Kier molecular flexibility index (Phi) is 6.09. The van der Waals surface area contributed by atoms with Crippen LogP contribution in [0.25, 0.3) is 11.0 Å². The summed E-state index contributed by atoms with van der Waals surface area (Å²) in [6.45, 7) is 1.22. The van der Waals surface area contributed by atoms with Crippen LogP contribution in [0.3, 0.4) is 0 Å². The molecule has 0 bridgehead atoms. The summed E-state index contributed by atoms with van der Waals surface area (Å²) in [5, 5.41) is 5.75. The number of methoxy groups -OCH3 is 1. The molecule has 26 heavy (non-hydrogen) atoms. The maximum Gasteiger partial charge on any atom is 0.314 e. The Balaban J connectivity index is 1.31. The Morgan fingerprint density at radius 3 is 2.58 bits per heavy atom. The summed E-state index contributed by atoms with van der Waals surface area (Å²) >= 11 is 0. The van der Waals surface area contributed by atoms with Crippen molar-refractivity contribution in [1.82, 2.24) is 20.6 Å². The third-order valence-corrected chi connectivity index (χ3v) is 4.17. The van der Waals surface area contributed by atoms with Crippen molar-refractivity contribution in [3.63, 3.8) is 0 Å². The topological polar surface area (TPSA) is 79.0 Å². The molecule has 3 aromatic rings. The van der Waals surface area contributed by atoms with Crippen LogP contribution < -0.4 is 15.4 Å². The van der Waals surface area contributed by atoms with E-state index in [9.17, 15) is 4.79 Å². The van der Waals surface area contributed by atoms with Crippen LogP contribution in [-0.4, -0.2) is 36.2 Å². The number of fused-ring (bicyclic) bond motifs is 1. The molecule has 136 valence electrons. The van der Waals surface area contributed by atoms with E-state index in [4.69, 9.17) is 4.74 Å². The zero-order valence-corrected chi connectivity index (χ0v) is 14.9. The second kappa shape index (κ2) is 8.89. The van der Waals surface area contributed by atoms with E-state index < -0.39 is 0 Å². The number of para-hydroxylation sites is 2. The van der Waals surface area contributed by atoms with Crippen LogP contribution in [0.2, 0.25) is 0 Å². The van der Waals surface area contributed by atoms with Gasteiger partial charge in [-0.15, -0.1) is 0 Å². The summed E-state index contributed by atoms with van der Waals surface area (Å²) in [6.07, 6.45) is 2.43. The molecule has 1 heterocycles. The molecule has 2 aromatic carbocycles. The van der Waals surface area contributed by atoms with Gasteiger partial charge in [-0.1, -0.05) is 24.3 Å². The van der Waals surface area contributed by atoms with Crippen LogP contribution in [0.15, 0.2) is 48.5 Å². The van der Waals surface area contributed by atoms with Gasteiger partial charge in [-0.2, -0.15) is 0 Å². The van der Waals surface area contributed by atoms with Crippen molar-refractivity contribution in [3.05, 3.63) is 59.9 Å². The van der Waals surface area contributed by atoms with Crippen LogP contribution in [0.1, 0.15) is 17.8 Å². The molecular weight excluding hydrogens is 328 g/mol. The van der Waals surface area contributed by atoms with Crippen molar-refractivity contribution >= 4 is 17.1 Å². The fourth-order valence-corrected chi connectivity index (χ4v) is 2.76. The molecule has 6 nitrogen and oxygen atoms in total. The number of imidazole rings is 1. The van der Waals surface area contributed by atoms with E-state index in [1.165, 1.54) is 0 Å². The van der Waals surface area contributed by atoms with Gasteiger partial charge in [0.25, 0.3) is 0 Å². The van der Waals surface area contributed by atoms with Crippen LogP contribution in [0.4, 0.5) is 4.79 Å². The van der Waals surface area contributed by atoms with E-state index in [-0.39, 0.29) is 6.03 Å². The first kappa shape index (κ1) is 17.8. The molecule has 6 heteroatoms. The number of aromatic nitrogens is 2. The summed E-state index contributed by atoms with van der Waals surface area (Å²) in [6, 6.07) is 15.7. The average Bonchev–Trinajstić information content (AvgIpc) is 3.09. The number of rotatable bonds is 8. The third-order valence-electron chi connectivity index (χ3n) is 4.17. The first-order valence-electron chi connectivity index (χ1n) is 8.83. The average molecular weight is 352 g/mol. The lowest BCUT2D eigenvalue weighted by Gasteiger charge is -2.08. The number of amides is 2. The summed E-state index contributed by atoms with van der Waals surface area (Å²) < 4.78 is 5.13. The minimum atomic E-state index is -0.136. The highest BCUT2D eigenvalue weighted by Gasteiger charge is 2.03. The lowest BCUT2D eigenvalue weighted by atomic mass is 10.1. The number of hydrogen-bond acceptors (Lipinski definition) is 3. The number of carbonyl (C=O) groups excluding carboxylic acids is 1. The van der Waals surface area contributed by atoms with Gasteiger partial charge in [0.15, 0.2) is 0 Å². The normalized spacial score (nSPS) is 10.7. The monoisotopic (exact) mass is 352 g/mol. The Morgan fingerprint density at radius 1 is 1.04 bits per heavy atom. The molecule has 0 saturated carbocycles. The smallest absolute Gasteiger partial charge is 0.314 e. The number of aryl methyl sites for hydroxylation is 1. The summed E-state index contributed by atoms with van der Waals surface area (Å²) in [5.74, 6) is 1.79. The van der Waals surface area contributed by atoms with Crippen molar-refractivity contribution in [2.45, 2.75) is 19.3 Å². The van der Waals surface area contributed by atoms with Gasteiger partial charge in [0.2, 0.25) is 0 Å². The highest BCUT2D eigenvalue weighted by atomic mass is 16.5. The van der Waals surface area contributed by atoms with Gasteiger partial charge in [-0.05, 0) is 42.7 Å². The van der Waals surface area contributed by atoms with Crippen LogP contribution >= 0.6 is 0 Å². The first-order valence-corrected chi connectivity index (χ1v) is 8.83. The maximum atomic E-state index is 11.8. The molecule has 0 spiro atoms. The fourth-order valence-electron chi connectivity index (χ4n) is 2.76. The number of urea groups is 1. The Labute approximate surface area is 153 Å². The summed E-state index contributed by atoms with van der Waals surface area (Å²) in [4.78, 5) is 19.6. The predicted octanol–water partition coefficient (Wildman–Crippen LogP) is 3.05. The number of H-pyrrole nitrogens is 1. The third kappa shape index (κ3) is 4.99. The molecule has 3 rings (SSSR count). The van der Waals surface area contributed by atoms with E-state index in [2.05, 4.69) is 20.6 Å². The van der Waals surface area contributed by atoms with Gasteiger partial charge in [0.05, 0.1) is 18.1 Å². The first-order chi connectivity index (χ1) is 12.7. The lowest BCUT2D eigenvalue weighted by Crippen LogP contribution is -2.37. The van der Waals surface area contributed by atoms with E-state index >= 15 is 0 Å². The second-order valence-electron chi connectivity index (χ2n) is 6.08. The molecule has 0 saturated heterocycles. The number of hydrogen-bond donors (Lipinski definition) is 3. The highest BCUT2D eigenvalue weighted by Crippen LogP contribution is 2.12. The number of ether oxygens (including phenoxy) is 1. The Hall–Kier alpha value is -3.02.